The highest BCUT2D eigenvalue weighted by Crippen LogP contribution is 2.17. The molecule has 1 fully saturated rings. The first-order valence-corrected chi connectivity index (χ1v) is 9.98. The molecule has 9 heteroatoms. The first-order chi connectivity index (χ1) is 12.8. The second kappa shape index (κ2) is 7.75. The molecule has 2 atom stereocenters. The van der Waals surface area contributed by atoms with Crippen LogP contribution in [0.1, 0.15) is 16.7 Å². The highest BCUT2D eigenvalue weighted by atomic mass is 32.2. The number of carbonyl (C=O) groups excluding carboxylic acids is 1. The van der Waals surface area contributed by atoms with Gasteiger partial charge in [0.15, 0.2) is 0 Å². The molecule has 0 saturated carbocycles. The lowest BCUT2D eigenvalue weighted by Gasteiger charge is -2.19. The second-order valence-corrected chi connectivity index (χ2v) is 8.32. The summed E-state index contributed by atoms with van der Waals surface area (Å²) in [7, 11) is -3.79. The van der Waals surface area contributed by atoms with Gasteiger partial charge in [0.2, 0.25) is 15.9 Å². The highest BCUT2D eigenvalue weighted by Gasteiger charge is 2.36. The largest absolute Gasteiger partial charge is 0.324 e. The Labute approximate surface area is 158 Å². The van der Waals surface area contributed by atoms with Gasteiger partial charge < -0.3 is 5.32 Å². The molecule has 2 unspecified atom stereocenters. The number of nitrogens with one attached hydrogen (secondary N) is 5. The Morgan fingerprint density at radius 3 is 2.30 bits per heavy atom. The summed E-state index contributed by atoms with van der Waals surface area (Å²) < 4.78 is 27.7. The molecule has 5 N–H and O–H groups in total. The zero-order chi connectivity index (χ0) is 19.6. The number of benzene rings is 2. The van der Waals surface area contributed by atoms with Crippen molar-refractivity contribution in [1.82, 2.24) is 21.1 Å². The van der Waals surface area contributed by atoms with Crippen molar-refractivity contribution in [2.24, 2.45) is 0 Å². The quantitative estimate of drug-likeness (QED) is 0.518. The van der Waals surface area contributed by atoms with Gasteiger partial charge in [-0.25, -0.2) is 19.3 Å². The average Bonchev–Trinajstić information content (AvgIpc) is 3.05. The average molecular weight is 389 g/mol. The van der Waals surface area contributed by atoms with E-state index >= 15 is 0 Å². The third kappa shape index (κ3) is 4.52. The van der Waals surface area contributed by atoms with Gasteiger partial charge in [0.25, 0.3) is 0 Å². The summed E-state index contributed by atoms with van der Waals surface area (Å²) in [6.45, 7) is 5.75. The number of sulfonamides is 1. The van der Waals surface area contributed by atoms with Gasteiger partial charge in [-0.15, -0.1) is 0 Å². The SMILES string of the molecule is Cc1ccc(S(=O)(=O)NC2NNNC2C(=O)Nc2ccc(C)cc2C)cc1. The lowest BCUT2D eigenvalue weighted by molar-refractivity contribution is -0.118. The first kappa shape index (κ1) is 19.5. The minimum absolute atomic E-state index is 0.135. The maximum Gasteiger partial charge on any atom is 0.246 e. The maximum atomic E-state index is 12.6. The summed E-state index contributed by atoms with van der Waals surface area (Å²) in [4.78, 5) is 12.8. The topological polar surface area (TPSA) is 111 Å². The summed E-state index contributed by atoms with van der Waals surface area (Å²) >= 11 is 0. The Morgan fingerprint density at radius 2 is 1.63 bits per heavy atom. The standard InChI is InChI=1S/C18H23N5O3S/c1-11-4-7-14(8-5-11)27(25,26)22-17-16(20-23-21-17)18(24)19-15-9-6-12(2)10-13(15)3/h4-10,16-17,20-23H,1-3H3,(H,19,24). The van der Waals surface area contributed by atoms with Gasteiger partial charge in [0, 0.05) is 5.69 Å². The lowest BCUT2D eigenvalue weighted by Crippen LogP contribution is -2.53. The number of hydrazine groups is 2. The fourth-order valence-corrected chi connectivity index (χ4v) is 3.95. The molecular weight excluding hydrogens is 366 g/mol. The van der Waals surface area contributed by atoms with Crippen LogP contribution in [0.2, 0.25) is 0 Å². The van der Waals surface area contributed by atoms with Crippen LogP contribution in [-0.4, -0.2) is 26.5 Å². The fraction of sp³-hybridized carbons (Fsp3) is 0.278. The normalized spacial score (nSPS) is 19.8. The number of hydrogen-bond acceptors (Lipinski definition) is 6. The van der Waals surface area contributed by atoms with Crippen molar-refractivity contribution in [3.63, 3.8) is 0 Å². The van der Waals surface area contributed by atoms with Crippen molar-refractivity contribution in [3.8, 4) is 0 Å². The Morgan fingerprint density at radius 1 is 0.963 bits per heavy atom. The van der Waals surface area contributed by atoms with E-state index in [1.165, 1.54) is 12.1 Å². The van der Waals surface area contributed by atoms with Crippen molar-refractivity contribution in [1.29, 1.82) is 0 Å². The van der Waals surface area contributed by atoms with E-state index in [4.69, 9.17) is 0 Å². The van der Waals surface area contributed by atoms with Gasteiger partial charge >= 0.3 is 0 Å². The van der Waals surface area contributed by atoms with E-state index in [0.29, 0.717) is 5.69 Å². The van der Waals surface area contributed by atoms with Crippen molar-refractivity contribution in [2.45, 2.75) is 37.9 Å². The molecule has 1 heterocycles. The molecule has 1 aliphatic rings. The van der Waals surface area contributed by atoms with Gasteiger partial charge in [-0.05, 0) is 44.5 Å². The summed E-state index contributed by atoms with van der Waals surface area (Å²) in [5.74, 6) is -0.365. The van der Waals surface area contributed by atoms with Gasteiger partial charge in [0.1, 0.15) is 12.2 Å². The molecule has 1 aliphatic heterocycles. The molecule has 2 aromatic carbocycles. The number of hydrogen-bond donors (Lipinski definition) is 5. The Kier molecular flexibility index (Phi) is 5.59. The van der Waals surface area contributed by atoms with E-state index in [0.717, 1.165) is 16.7 Å². The zero-order valence-electron chi connectivity index (χ0n) is 15.3. The molecule has 0 radical (unpaired) electrons. The molecule has 1 saturated heterocycles. The number of aryl methyl sites for hydroxylation is 3. The molecule has 0 aliphatic carbocycles. The summed E-state index contributed by atoms with van der Waals surface area (Å²) in [6.07, 6.45) is -0.859. The van der Waals surface area contributed by atoms with Crippen molar-refractivity contribution in [2.75, 3.05) is 5.32 Å². The van der Waals surface area contributed by atoms with E-state index in [9.17, 15) is 13.2 Å². The van der Waals surface area contributed by atoms with Gasteiger partial charge in [-0.3, -0.25) is 4.79 Å². The predicted molar refractivity (Wildman–Crippen MR) is 103 cm³/mol. The van der Waals surface area contributed by atoms with Gasteiger partial charge in [0.05, 0.1) is 4.90 Å². The van der Waals surface area contributed by atoms with Crippen LogP contribution in [0.25, 0.3) is 0 Å². The van der Waals surface area contributed by atoms with Crippen LogP contribution in [-0.2, 0) is 14.8 Å². The Hall–Kier alpha value is -2.30. The molecule has 8 nitrogen and oxygen atoms in total. The molecule has 0 aromatic heterocycles. The Balaban J connectivity index is 1.72. The predicted octanol–water partition coefficient (Wildman–Crippen LogP) is 0.836. The maximum absolute atomic E-state index is 12.6. The third-order valence-electron chi connectivity index (χ3n) is 4.32. The van der Waals surface area contributed by atoms with E-state index in [2.05, 4.69) is 26.4 Å². The molecule has 3 rings (SSSR count). The van der Waals surface area contributed by atoms with Crippen LogP contribution >= 0.6 is 0 Å². The summed E-state index contributed by atoms with van der Waals surface area (Å²) in [6, 6.07) is 11.3. The number of anilines is 1. The Bertz CT molecular complexity index is 944. The third-order valence-corrected chi connectivity index (χ3v) is 5.78. The fourth-order valence-electron chi connectivity index (χ4n) is 2.80. The molecular formula is C18H23N5O3S. The number of carbonyl (C=O) groups is 1. The zero-order valence-corrected chi connectivity index (χ0v) is 16.1. The first-order valence-electron chi connectivity index (χ1n) is 8.49. The van der Waals surface area contributed by atoms with Crippen molar-refractivity contribution < 1.29 is 13.2 Å². The number of amides is 1. The van der Waals surface area contributed by atoms with E-state index in [1.54, 1.807) is 12.1 Å². The van der Waals surface area contributed by atoms with E-state index < -0.39 is 22.2 Å². The second-order valence-electron chi connectivity index (χ2n) is 6.61. The van der Waals surface area contributed by atoms with Crippen molar-refractivity contribution in [3.05, 3.63) is 59.2 Å². The molecule has 0 bridgehead atoms. The van der Waals surface area contributed by atoms with Crippen LogP contribution < -0.4 is 26.4 Å². The van der Waals surface area contributed by atoms with Crippen LogP contribution in [0.5, 0.6) is 0 Å². The van der Waals surface area contributed by atoms with E-state index in [-0.39, 0.29) is 10.8 Å². The molecule has 144 valence electrons. The van der Waals surface area contributed by atoms with Gasteiger partial charge in [-0.1, -0.05) is 35.4 Å². The van der Waals surface area contributed by atoms with E-state index in [1.807, 2.05) is 39.0 Å². The monoisotopic (exact) mass is 389 g/mol. The van der Waals surface area contributed by atoms with Crippen molar-refractivity contribution >= 4 is 21.6 Å². The van der Waals surface area contributed by atoms with Crippen LogP contribution in [0, 0.1) is 20.8 Å². The lowest BCUT2D eigenvalue weighted by atomic mass is 10.1. The summed E-state index contributed by atoms with van der Waals surface area (Å²) in [5.41, 5.74) is 11.7. The minimum Gasteiger partial charge on any atom is -0.324 e. The van der Waals surface area contributed by atoms with Crippen LogP contribution in [0.4, 0.5) is 5.69 Å². The minimum atomic E-state index is -3.79. The van der Waals surface area contributed by atoms with Crippen LogP contribution in [0.15, 0.2) is 47.4 Å². The summed E-state index contributed by atoms with van der Waals surface area (Å²) in [5, 5.41) is 2.83. The molecule has 0 spiro atoms. The van der Waals surface area contributed by atoms with Crippen LogP contribution in [0.3, 0.4) is 0 Å². The molecule has 1 amide bonds. The molecule has 2 aromatic rings. The molecule has 27 heavy (non-hydrogen) atoms. The number of rotatable bonds is 5. The van der Waals surface area contributed by atoms with Gasteiger partial charge in [-0.2, -0.15) is 10.3 Å². The smallest absolute Gasteiger partial charge is 0.246 e. The highest BCUT2D eigenvalue weighted by molar-refractivity contribution is 7.89.